The third-order valence-electron chi connectivity index (χ3n) is 8.12. The van der Waals surface area contributed by atoms with Crippen molar-refractivity contribution in [3.63, 3.8) is 0 Å². The molecule has 3 aliphatic rings. The van der Waals surface area contributed by atoms with Crippen LogP contribution in [-0.4, -0.2) is 42.6 Å². The van der Waals surface area contributed by atoms with E-state index in [0.29, 0.717) is 18.6 Å². The number of ether oxygens (including phenoxy) is 1. The molecule has 0 atom stereocenters. The highest BCUT2D eigenvalue weighted by molar-refractivity contribution is 6.06. The summed E-state index contributed by atoms with van der Waals surface area (Å²) in [5.41, 5.74) is 5.59. The van der Waals surface area contributed by atoms with Gasteiger partial charge in [0.1, 0.15) is 5.75 Å². The summed E-state index contributed by atoms with van der Waals surface area (Å²) in [4.78, 5) is 41.2. The molecule has 5 rings (SSSR count). The standard InChI is InChI=1S/C28H36N2O4.C7H8/c1-7-30-19-12-27(2,3)14-21(31)25(19)24(26-20(30)13-28(4,5)15-22(26)32)17-9-8-10-18(11-17)34-16-23(33)29-6;1-7-5-3-2-4-6-7/h8-11,24H,7,12-16H2,1-6H3,(H,29,33);2-6H,1H3. The van der Waals surface area contributed by atoms with Crippen molar-refractivity contribution in [1.29, 1.82) is 0 Å². The molecule has 2 aromatic rings. The number of hydrogen-bond acceptors (Lipinski definition) is 5. The van der Waals surface area contributed by atoms with Crippen molar-refractivity contribution in [2.45, 2.75) is 73.1 Å². The Morgan fingerprint density at radius 1 is 0.878 bits per heavy atom. The normalized spacial score (nSPS) is 19.6. The molecule has 1 heterocycles. The van der Waals surface area contributed by atoms with E-state index in [4.69, 9.17) is 4.74 Å². The van der Waals surface area contributed by atoms with Crippen LogP contribution < -0.4 is 10.1 Å². The third kappa shape index (κ3) is 6.80. The first-order valence-corrected chi connectivity index (χ1v) is 14.6. The predicted octanol–water partition coefficient (Wildman–Crippen LogP) is 6.51. The second-order valence-corrected chi connectivity index (χ2v) is 13.0. The Labute approximate surface area is 244 Å². The molecule has 0 bridgehead atoms. The molecular weight excluding hydrogens is 512 g/mol. The topological polar surface area (TPSA) is 75.7 Å². The van der Waals surface area contributed by atoms with E-state index in [-0.39, 0.29) is 34.9 Å². The van der Waals surface area contributed by atoms with Gasteiger partial charge < -0.3 is 15.0 Å². The van der Waals surface area contributed by atoms with E-state index in [1.807, 2.05) is 36.4 Å². The summed E-state index contributed by atoms with van der Waals surface area (Å²) in [6.45, 7) is 13.4. The van der Waals surface area contributed by atoms with Gasteiger partial charge in [-0.25, -0.2) is 0 Å². The number of carbonyl (C=O) groups is 3. The van der Waals surface area contributed by atoms with Crippen molar-refractivity contribution in [2.75, 3.05) is 20.2 Å². The smallest absolute Gasteiger partial charge is 0.257 e. The molecule has 0 saturated carbocycles. The van der Waals surface area contributed by atoms with Gasteiger partial charge in [0, 0.05) is 54.9 Å². The summed E-state index contributed by atoms with van der Waals surface area (Å²) in [6, 6.07) is 17.8. The van der Waals surface area contributed by atoms with E-state index in [1.165, 1.54) is 5.56 Å². The molecule has 0 unspecified atom stereocenters. The second-order valence-electron chi connectivity index (χ2n) is 13.0. The first-order valence-electron chi connectivity index (χ1n) is 14.6. The molecule has 0 fully saturated rings. The SMILES string of the molecule is CCN1C2=C(C(=O)CC(C)(C)C2)C(c2cccc(OCC(=O)NC)c2)C2=C1CC(C)(C)CC2=O.Cc1ccccc1. The van der Waals surface area contributed by atoms with Crippen molar-refractivity contribution < 1.29 is 19.1 Å². The minimum absolute atomic E-state index is 0.0869. The Hall–Kier alpha value is -3.67. The Morgan fingerprint density at radius 3 is 1.90 bits per heavy atom. The molecule has 6 heteroatoms. The Kier molecular flexibility index (Phi) is 8.91. The van der Waals surface area contributed by atoms with Gasteiger partial charge in [0.05, 0.1) is 0 Å². The van der Waals surface area contributed by atoms with Crippen molar-refractivity contribution >= 4 is 17.5 Å². The lowest BCUT2D eigenvalue weighted by molar-refractivity contribution is -0.122. The van der Waals surface area contributed by atoms with Crippen molar-refractivity contribution in [2.24, 2.45) is 10.8 Å². The van der Waals surface area contributed by atoms with E-state index < -0.39 is 5.92 Å². The number of Topliss-reactive ketones (excluding diaryl/α,β-unsaturated/α-hetero) is 2. The van der Waals surface area contributed by atoms with Crippen molar-refractivity contribution in [3.05, 3.63) is 88.3 Å². The van der Waals surface area contributed by atoms with Crippen LogP contribution in [0.2, 0.25) is 0 Å². The third-order valence-corrected chi connectivity index (χ3v) is 8.12. The number of carbonyl (C=O) groups excluding carboxylic acids is 3. The number of nitrogens with zero attached hydrogens (tertiary/aromatic N) is 1. The number of rotatable bonds is 5. The minimum atomic E-state index is -0.399. The van der Waals surface area contributed by atoms with E-state index in [1.54, 1.807) is 13.1 Å². The maximum Gasteiger partial charge on any atom is 0.257 e. The number of aryl methyl sites for hydroxylation is 1. The zero-order valence-electron chi connectivity index (χ0n) is 25.6. The molecule has 0 radical (unpaired) electrons. The van der Waals surface area contributed by atoms with Gasteiger partial charge in [-0.2, -0.15) is 0 Å². The number of ketones is 2. The second kappa shape index (κ2) is 12.1. The fourth-order valence-electron chi connectivity index (χ4n) is 6.30. The van der Waals surface area contributed by atoms with Crippen LogP contribution in [0, 0.1) is 17.8 Å². The van der Waals surface area contributed by atoms with Crippen LogP contribution in [-0.2, 0) is 14.4 Å². The van der Waals surface area contributed by atoms with Crippen LogP contribution in [0.1, 0.15) is 77.3 Å². The first-order chi connectivity index (χ1) is 19.4. The fourth-order valence-corrected chi connectivity index (χ4v) is 6.30. The van der Waals surface area contributed by atoms with Gasteiger partial charge in [-0.15, -0.1) is 0 Å². The van der Waals surface area contributed by atoms with Crippen molar-refractivity contribution in [1.82, 2.24) is 10.2 Å². The fraction of sp³-hybridized carbons (Fsp3) is 0.457. The maximum atomic E-state index is 13.6. The predicted molar refractivity (Wildman–Crippen MR) is 162 cm³/mol. The summed E-state index contributed by atoms with van der Waals surface area (Å²) in [5.74, 6) is 0.177. The lowest BCUT2D eigenvalue weighted by Gasteiger charge is -2.48. The zero-order chi connectivity index (χ0) is 29.9. The molecule has 0 saturated heterocycles. The summed E-state index contributed by atoms with van der Waals surface area (Å²) in [5, 5.41) is 2.55. The summed E-state index contributed by atoms with van der Waals surface area (Å²) >= 11 is 0. The highest BCUT2D eigenvalue weighted by atomic mass is 16.5. The maximum absolute atomic E-state index is 13.6. The van der Waals surface area contributed by atoms with Crippen LogP contribution in [0.15, 0.2) is 77.1 Å². The number of likely N-dealkylation sites (N-methyl/N-ethyl adjacent to an activating group) is 1. The van der Waals surface area contributed by atoms with Crippen LogP contribution in [0.5, 0.6) is 5.75 Å². The van der Waals surface area contributed by atoms with E-state index in [9.17, 15) is 14.4 Å². The Bertz CT molecular complexity index is 1330. The highest BCUT2D eigenvalue weighted by Gasteiger charge is 2.48. The average molecular weight is 557 g/mol. The lowest BCUT2D eigenvalue weighted by Crippen LogP contribution is -2.44. The average Bonchev–Trinajstić information content (AvgIpc) is 2.90. The Balaban J connectivity index is 0.000000483. The first kappa shape index (κ1) is 30.3. The van der Waals surface area contributed by atoms with Crippen LogP contribution in [0.3, 0.4) is 0 Å². The molecular formula is C35H44N2O4. The minimum Gasteiger partial charge on any atom is -0.484 e. The lowest BCUT2D eigenvalue weighted by atomic mass is 9.63. The molecule has 2 aromatic carbocycles. The largest absolute Gasteiger partial charge is 0.484 e. The van der Waals surface area contributed by atoms with Crippen LogP contribution in [0.4, 0.5) is 0 Å². The molecule has 218 valence electrons. The zero-order valence-corrected chi connectivity index (χ0v) is 25.6. The molecule has 41 heavy (non-hydrogen) atoms. The summed E-state index contributed by atoms with van der Waals surface area (Å²) < 4.78 is 5.70. The van der Waals surface area contributed by atoms with Gasteiger partial charge >= 0.3 is 0 Å². The number of allylic oxidation sites excluding steroid dienone is 4. The van der Waals surface area contributed by atoms with Gasteiger partial charge in [0.25, 0.3) is 5.91 Å². The molecule has 1 N–H and O–H groups in total. The molecule has 1 amide bonds. The monoisotopic (exact) mass is 556 g/mol. The van der Waals surface area contributed by atoms with E-state index in [0.717, 1.165) is 47.5 Å². The van der Waals surface area contributed by atoms with Crippen LogP contribution >= 0.6 is 0 Å². The molecule has 6 nitrogen and oxygen atoms in total. The van der Waals surface area contributed by atoms with Crippen molar-refractivity contribution in [3.8, 4) is 5.75 Å². The van der Waals surface area contributed by atoms with Gasteiger partial charge in [0.2, 0.25) is 0 Å². The number of amides is 1. The van der Waals surface area contributed by atoms with E-state index in [2.05, 4.69) is 63.9 Å². The number of nitrogens with one attached hydrogen (secondary N) is 1. The van der Waals surface area contributed by atoms with Gasteiger partial charge in [-0.3, -0.25) is 14.4 Å². The quantitative estimate of drug-likeness (QED) is 0.454. The van der Waals surface area contributed by atoms with E-state index >= 15 is 0 Å². The molecule has 1 aliphatic heterocycles. The summed E-state index contributed by atoms with van der Waals surface area (Å²) in [7, 11) is 1.57. The highest BCUT2D eigenvalue weighted by Crippen LogP contribution is 2.54. The molecule has 0 aromatic heterocycles. The molecule has 0 spiro atoms. The van der Waals surface area contributed by atoms with Gasteiger partial charge in [-0.05, 0) is 55.2 Å². The van der Waals surface area contributed by atoms with Crippen LogP contribution in [0.25, 0.3) is 0 Å². The summed E-state index contributed by atoms with van der Waals surface area (Å²) in [6.07, 6.45) is 2.54. The number of hydrogen-bond donors (Lipinski definition) is 1. The molecule has 2 aliphatic carbocycles. The Morgan fingerprint density at radius 2 is 1.44 bits per heavy atom. The van der Waals surface area contributed by atoms with Gasteiger partial charge in [-0.1, -0.05) is 75.7 Å². The van der Waals surface area contributed by atoms with Gasteiger partial charge in [0.15, 0.2) is 18.2 Å². The number of benzene rings is 2.